The number of nitrogens with zero attached hydrogens (tertiary/aromatic N) is 5. The molecule has 5 aromatic rings. The minimum atomic E-state index is -4.46. The average molecular weight is 481 g/mol. The molecule has 0 aliphatic heterocycles. The van der Waals surface area contributed by atoms with Gasteiger partial charge in [-0.05, 0) is 54.4 Å². The largest absolute Gasteiger partial charge is 0.494 e. The van der Waals surface area contributed by atoms with Crippen LogP contribution in [0.1, 0.15) is 30.9 Å². The summed E-state index contributed by atoms with van der Waals surface area (Å²) in [5, 5.41) is 8.98. The molecule has 0 amide bonds. The Labute approximate surface area is 198 Å². The summed E-state index contributed by atoms with van der Waals surface area (Å²) in [6, 6.07) is 14.3. The molecule has 0 aliphatic rings. The van der Waals surface area contributed by atoms with Gasteiger partial charge in [0, 0.05) is 18.0 Å². The summed E-state index contributed by atoms with van der Waals surface area (Å²) in [6.45, 7) is 2.69. The topological polar surface area (TPSA) is 65.8 Å². The average Bonchev–Trinajstić information content (AvgIpc) is 3.41. The maximum Gasteiger partial charge on any atom is 0.416 e. The first-order valence-corrected chi connectivity index (χ1v) is 11.2. The number of unbranched alkanes of at least 4 members (excludes halogenated alkanes) is 1. The van der Waals surface area contributed by atoms with Crippen LogP contribution in [0, 0.1) is 0 Å². The second-order valence-corrected chi connectivity index (χ2v) is 8.22. The van der Waals surface area contributed by atoms with Gasteiger partial charge in [0.2, 0.25) is 0 Å². The summed E-state index contributed by atoms with van der Waals surface area (Å²) in [6.07, 6.45) is 0.782. The lowest BCUT2D eigenvalue weighted by molar-refractivity contribution is -0.137. The van der Waals surface area contributed by atoms with Crippen LogP contribution in [-0.4, -0.2) is 30.4 Å². The number of rotatable bonds is 7. The van der Waals surface area contributed by atoms with Crippen LogP contribution < -0.4 is 10.4 Å². The molecule has 0 saturated carbocycles. The molecule has 180 valence electrons. The van der Waals surface area contributed by atoms with E-state index in [4.69, 9.17) is 4.74 Å². The molecule has 0 unspecified atom stereocenters. The highest BCUT2D eigenvalue weighted by Crippen LogP contribution is 2.29. The first-order valence-electron chi connectivity index (χ1n) is 11.2. The minimum absolute atomic E-state index is 0.0862. The molecule has 0 saturated heterocycles. The molecule has 0 spiro atoms. The summed E-state index contributed by atoms with van der Waals surface area (Å²) in [5.41, 5.74) is 1.65. The van der Waals surface area contributed by atoms with Crippen LogP contribution in [0.15, 0.2) is 71.8 Å². The lowest BCUT2D eigenvalue weighted by atomic mass is 10.1. The molecule has 0 bridgehead atoms. The van der Waals surface area contributed by atoms with E-state index >= 15 is 0 Å². The number of aromatic nitrogens is 5. The number of benzene rings is 2. The number of hydrogen-bond donors (Lipinski definition) is 0. The molecule has 3 heterocycles. The van der Waals surface area contributed by atoms with E-state index < -0.39 is 17.4 Å². The third-order valence-corrected chi connectivity index (χ3v) is 5.70. The van der Waals surface area contributed by atoms with Gasteiger partial charge in [-0.15, -0.1) is 5.10 Å². The summed E-state index contributed by atoms with van der Waals surface area (Å²) in [7, 11) is 0. The lowest BCUT2D eigenvalue weighted by Crippen LogP contribution is -2.21. The molecule has 0 radical (unpaired) electrons. The SMILES string of the molecule is CCCCOc1ccc(-c2cc3c4nn(Cc5cccc(C(F)(F)F)c5)c(=O)n4ccn3n2)cc1. The molecule has 0 N–H and O–H groups in total. The highest BCUT2D eigenvalue weighted by Gasteiger charge is 2.30. The van der Waals surface area contributed by atoms with Crippen molar-refractivity contribution < 1.29 is 17.9 Å². The third kappa shape index (κ3) is 4.51. The van der Waals surface area contributed by atoms with E-state index in [-0.39, 0.29) is 6.54 Å². The fourth-order valence-corrected chi connectivity index (χ4v) is 3.85. The van der Waals surface area contributed by atoms with Gasteiger partial charge >= 0.3 is 11.9 Å². The summed E-state index contributed by atoms with van der Waals surface area (Å²) in [4.78, 5) is 12.9. The number of alkyl halides is 3. The van der Waals surface area contributed by atoms with Crippen molar-refractivity contribution in [2.24, 2.45) is 0 Å². The van der Waals surface area contributed by atoms with Crippen LogP contribution in [0.25, 0.3) is 22.4 Å². The Morgan fingerprint density at radius 1 is 1.00 bits per heavy atom. The third-order valence-electron chi connectivity index (χ3n) is 5.70. The van der Waals surface area contributed by atoms with E-state index in [0.29, 0.717) is 29.0 Å². The van der Waals surface area contributed by atoms with Crippen LogP contribution in [-0.2, 0) is 12.7 Å². The van der Waals surface area contributed by atoms with Crippen molar-refractivity contribution in [2.45, 2.75) is 32.5 Å². The van der Waals surface area contributed by atoms with Crippen molar-refractivity contribution in [2.75, 3.05) is 6.61 Å². The molecule has 0 aliphatic carbocycles. The standard InChI is InChI=1S/C25H22F3N5O2/c1-2-3-13-35-20-9-7-18(8-10-20)21-15-22-23-30-33(24(34)31(23)11-12-32(22)29-21)16-17-5-4-6-19(14-17)25(26,27)28/h4-12,14-15H,2-3,13,16H2,1H3. The molecule has 0 atom stereocenters. The lowest BCUT2D eigenvalue weighted by Gasteiger charge is -2.08. The van der Waals surface area contributed by atoms with Gasteiger partial charge in [0.1, 0.15) is 11.3 Å². The predicted octanol–water partition coefficient (Wildman–Crippen LogP) is 5.06. The highest BCUT2D eigenvalue weighted by atomic mass is 19.4. The van der Waals surface area contributed by atoms with Gasteiger partial charge in [-0.1, -0.05) is 25.5 Å². The van der Waals surface area contributed by atoms with E-state index in [0.717, 1.165) is 41.0 Å². The van der Waals surface area contributed by atoms with Crippen molar-refractivity contribution in [1.82, 2.24) is 23.8 Å². The summed E-state index contributed by atoms with van der Waals surface area (Å²) in [5.74, 6) is 0.785. The van der Waals surface area contributed by atoms with E-state index in [1.165, 1.54) is 16.5 Å². The summed E-state index contributed by atoms with van der Waals surface area (Å²) >= 11 is 0. The van der Waals surface area contributed by atoms with E-state index in [9.17, 15) is 18.0 Å². The van der Waals surface area contributed by atoms with Gasteiger partial charge in [0.25, 0.3) is 0 Å². The normalized spacial score (nSPS) is 12.0. The first kappa shape index (κ1) is 22.7. The van der Waals surface area contributed by atoms with Crippen LogP contribution in [0.4, 0.5) is 13.2 Å². The monoisotopic (exact) mass is 481 g/mol. The van der Waals surface area contributed by atoms with E-state index in [1.807, 2.05) is 30.3 Å². The Bertz CT molecular complexity index is 1550. The van der Waals surface area contributed by atoms with Gasteiger partial charge in [-0.2, -0.15) is 18.3 Å². The molecule has 10 heteroatoms. The number of ether oxygens (including phenoxy) is 1. The molecular weight excluding hydrogens is 459 g/mol. The zero-order chi connectivity index (χ0) is 24.6. The van der Waals surface area contributed by atoms with Gasteiger partial charge in [0.15, 0.2) is 5.65 Å². The number of halogens is 3. The van der Waals surface area contributed by atoms with Gasteiger partial charge in [-0.25, -0.2) is 18.4 Å². The van der Waals surface area contributed by atoms with Crippen molar-refractivity contribution in [3.8, 4) is 17.0 Å². The number of fused-ring (bicyclic) bond motifs is 3. The van der Waals surface area contributed by atoms with Crippen molar-refractivity contribution in [3.63, 3.8) is 0 Å². The second-order valence-electron chi connectivity index (χ2n) is 8.22. The maximum atomic E-state index is 13.1. The van der Waals surface area contributed by atoms with Crippen molar-refractivity contribution in [3.05, 3.63) is 88.6 Å². The van der Waals surface area contributed by atoms with Crippen LogP contribution in [0.3, 0.4) is 0 Å². The fraction of sp³-hybridized carbons (Fsp3) is 0.240. The molecule has 2 aromatic carbocycles. The van der Waals surface area contributed by atoms with Crippen molar-refractivity contribution in [1.29, 1.82) is 0 Å². The maximum absolute atomic E-state index is 13.1. The van der Waals surface area contributed by atoms with E-state index in [1.54, 1.807) is 16.9 Å². The smallest absolute Gasteiger partial charge is 0.416 e. The predicted molar refractivity (Wildman–Crippen MR) is 125 cm³/mol. The molecular formula is C25H22F3N5O2. The number of hydrogen-bond acceptors (Lipinski definition) is 4. The zero-order valence-corrected chi connectivity index (χ0v) is 18.9. The van der Waals surface area contributed by atoms with Gasteiger partial charge in [0.05, 0.1) is 24.4 Å². The quantitative estimate of drug-likeness (QED) is 0.305. The fourth-order valence-electron chi connectivity index (χ4n) is 3.85. The Morgan fingerprint density at radius 2 is 1.80 bits per heavy atom. The molecule has 3 aromatic heterocycles. The Morgan fingerprint density at radius 3 is 2.54 bits per heavy atom. The van der Waals surface area contributed by atoms with Crippen LogP contribution in [0.2, 0.25) is 0 Å². The minimum Gasteiger partial charge on any atom is -0.494 e. The molecule has 5 rings (SSSR count). The van der Waals surface area contributed by atoms with Gasteiger partial charge in [-0.3, -0.25) is 0 Å². The Hall–Kier alpha value is -4.08. The highest BCUT2D eigenvalue weighted by molar-refractivity contribution is 5.76. The second kappa shape index (κ2) is 8.94. The zero-order valence-electron chi connectivity index (χ0n) is 18.9. The molecule has 0 fully saturated rings. The molecule has 35 heavy (non-hydrogen) atoms. The van der Waals surface area contributed by atoms with Crippen LogP contribution in [0.5, 0.6) is 5.75 Å². The molecule has 7 nitrogen and oxygen atoms in total. The van der Waals surface area contributed by atoms with Crippen LogP contribution >= 0.6 is 0 Å². The Kier molecular flexibility index (Phi) is 5.80. The Balaban J connectivity index is 1.47. The van der Waals surface area contributed by atoms with Gasteiger partial charge < -0.3 is 4.74 Å². The summed E-state index contributed by atoms with van der Waals surface area (Å²) < 4.78 is 49.0. The van der Waals surface area contributed by atoms with E-state index in [2.05, 4.69) is 17.1 Å². The first-order chi connectivity index (χ1) is 16.8. The van der Waals surface area contributed by atoms with Crippen molar-refractivity contribution >= 4 is 11.2 Å².